The third kappa shape index (κ3) is 5.63. The summed E-state index contributed by atoms with van der Waals surface area (Å²) in [6.45, 7) is 0.0909. The fraction of sp³-hybridized carbons (Fsp3) is 0.222. The van der Waals surface area contributed by atoms with Gasteiger partial charge in [0, 0.05) is 12.1 Å². The second-order valence-corrected chi connectivity index (χ2v) is 5.28. The number of alkyl halides is 3. The van der Waals surface area contributed by atoms with Gasteiger partial charge in [0.1, 0.15) is 17.1 Å². The largest absolute Gasteiger partial charge is 0.573 e. The second kappa shape index (κ2) is 8.43. The van der Waals surface area contributed by atoms with Gasteiger partial charge < -0.3 is 19.5 Å². The number of rotatable bonds is 6. The van der Waals surface area contributed by atoms with Gasteiger partial charge in [-0.1, -0.05) is 6.07 Å². The number of esters is 1. The van der Waals surface area contributed by atoms with Crippen LogP contribution >= 0.6 is 0 Å². The molecule has 1 amide bonds. The normalized spacial score (nSPS) is 10.9. The Balaban J connectivity index is 2.04. The van der Waals surface area contributed by atoms with E-state index in [4.69, 9.17) is 4.74 Å². The molecule has 1 N–H and O–H groups in total. The van der Waals surface area contributed by atoms with Gasteiger partial charge >= 0.3 is 12.3 Å². The Hall–Kier alpha value is -3.23. The lowest BCUT2D eigenvalue weighted by atomic mass is 10.1. The van der Waals surface area contributed by atoms with Crippen LogP contribution < -0.4 is 14.8 Å². The van der Waals surface area contributed by atoms with Gasteiger partial charge in [-0.3, -0.25) is 4.79 Å². The fourth-order valence-electron chi connectivity index (χ4n) is 2.23. The van der Waals surface area contributed by atoms with E-state index in [2.05, 4.69) is 14.8 Å². The third-order valence-corrected chi connectivity index (χ3v) is 3.47. The molecular formula is C18H16F3NO5. The monoisotopic (exact) mass is 383 g/mol. The van der Waals surface area contributed by atoms with Crippen molar-refractivity contribution in [1.82, 2.24) is 5.32 Å². The van der Waals surface area contributed by atoms with Crippen molar-refractivity contribution in [1.29, 1.82) is 0 Å². The number of benzene rings is 2. The molecule has 6 nitrogen and oxygen atoms in total. The maximum Gasteiger partial charge on any atom is 0.573 e. The molecule has 144 valence electrons. The maximum absolute atomic E-state index is 12.1. The van der Waals surface area contributed by atoms with Crippen molar-refractivity contribution in [2.24, 2.45) is 0 Å². The predicted octanol–water partition coefficient (Wildman–Crippen LogP) is 3.31. The third-order valence-electron chi connectivity index (χ3n) is 3.47. The predicted molar refractivity (Wildman–Crippen MR) is 88.6 cm³/mol. The van der Waals surface area contributed by atoms with Crippen molar-refractivity contribution in [3.05, 3.63) is 59.2 Å². The van der Waals surface area contributed by atoms with Crippen molar-refractivity contribution in [2.75, 3.05) is 14.2 Å². The maximum atomic E-state index is 12.1. The number of hydrogen-bond donors (Lipinski definition) is 1. The molecule has 27 heavy (non-hydrogen) atoms. The molecule has 0 heterocycles. The van der Waals surface area contributed by atoms with Crippen LogP contribution in [0.4, 0.5) is 13.2 Å². The highest BCUT2D eigenvalue weighted by Gasteiger charge is 2.31. The van der Waals surface area contributed by atoms with Crippen LogP contribution in [0.25, 0.3) is 0 Å². The Morgan fingerprint density at radius 2 is 1.70 bits per heavy atom. The summed E-state index contributed by atoms with van der Waals surface area (Å²) in [7, 11) is 2.65. The summed E-state index contributed by atoms with van der Waals surface area (Å²) < 4.78 is 49.9. The molecule has 0 aromatic heterocycles. The van der Waals surface area contributed by atoms with E-state index in [1.165, 1.54) is 32.4 Å². The van der Waals surface area contributed by atoms with Crippen LogP contribution in [-0.4, -0.2) is 32.5 Å². The lowest BCUT2D eigenvalue weighted by molar-refractivity contribution is -0.274. The van der Waals surface area contributed by atoms with Crippen molar-refractivity contribution in [2.45, 2.75) is 12.9 Å². The SMILES string of the molecule is COC(=O)c1cc(CNC(=O)c2ccc(OC(F)(F)F)cc2)ccc1OC. The van der Waals surface area contributed by atoms with E-state index < -0.39 is 24.0 Å². The van der Waals surface area contributed by atoms with Crippen LogP contribution in [0.1, 0.15) is 26.3 Å². The van der Waals surface area contributed by atoms with E-state index in [0.29, 0.717) is 11.3 Å². The molecule has 9 heteroatoms. The van der Waals surface area contributed by atoms with E-state index >= 15 is 0 Å². The molecule has 0 saturated heterocycles. The van der Waals surface area contributed by atoms with Crippen LogP contribution in [-0.2, 0) is 11.3 Å². The van der Waals surface area contributed by atoms with E-state index in [-0.39, 0.29) is 17.7 Å². The van der Waals surface area contributed by atoms with E-state index in [0.717, 1.165) is 12.1 Å². The molecule has 0 bridgehead atoms. The van der Waals surface area contributed by atoms with Gasteiger partial charge in [0.25, 0.3) is 5.91 Å². The molecule has 2 rings (SSSR count). The standard InChI is InChI=1S/C18H16F3NO5/c1-25-15-8-3-11(9-14(15)17(24)26-2)10-22-16(23)12-4-6-13(7-5-12)27-18(19,20)21/h3-9H,10H2,1-2H3,(H,22,23). The number of methoxy groups -OCH3 is 2. The molecule has 2 aromatic rings. The number of nitrogens with one attached hydrogen (secondary N) is 1. The Bertz CT molecular complexity index is 819. The van der Waals surface area contributed by atoms with Gasteiger partial charge in [0.15, 0.2) is 0 Å². The Labute approximate surface area is 152 Å². The van der Waals surface area contributed by atoms with Crippen LogP contribution in [0, 0.1) is 0 Å². The number of hydrogen-bond acceptors (Lipinski definition) is 5. The first-order valence-electron chi connectivity index (χ1n) is 7.62. The molecule has 0 aliphatic heterocycles. The molecule has 2 aromatic carbocycles. The summed E-state index contributed by atoms with van der Waals surface area (Å²) in [5.74, 6) is -1.17. The summed E-state index contributed by atoms with van der Waals surface area (Å²) in [6.07, 6.45) is -4.80. The Kier molecular flexibility index (Phi) is 6.27. The first-order valence-corrected chi connectivity index (χ1v) is 7.62. The summed E-state index contributed by atoms with van der Waals surface area (Å²) in [6, 6.07) is 9.26. The highest BCUT2D eigenvalue weighted by Crippen LogP contribution is 2.23. The van der Waals surface area contributed by atoms with Crippen molar-refractivity contribution < 1.29 is 37.0 Å². The number of carbonyl (C=O) groups is 2. The van der Waals surface area contributed by atoms with Gasteiger partial charge in [-0.15, -0.1) is 13.2 Å². The highest BCUT2D eigenvalue weighted by atomic mass is 19.4. The summed E-state index contributed by atoms with van der Waals surface area (Å²) >= 11 is 0. The molecule has 0 atom stereocenters. The average Bonchev–Trinajstić information content (AvgIpc) is 2.64. The molecular weight excluding hydrogens is 367 g/mol. The number of amides is 1. The molecule has 0 spiro atoms. The number of ether oxygens (including phenoxy) is 3. The minimum Gasteiger partial charge on any atom is -0.496 e. The zero-order chi connectivity index (χ0) is 20.0. The zero-order valence-electron chi connectivity index (χ0n) is 14.4. The topological polar surface area (TPSA) is 73.9 Å². The molecule has 0 unspecified atom stereocenters. The average molecular weight is 383 g/mol. The number of halogens is 3. The van der Waals surface area contributed by atoms with Crippen molar-refractivity contribution in [3.63, 3.8) is 0 Å². The molecule has 0 fully saturated rings. The van der Waals surface area contributed by atoms with Crippen LogP contribution in [0.3, 0.4) is 0 Å². The van der Waals surface area contributed by atoms with E-state index in [9.17, 15) is 22.8 Å². The summed E-state index contributed by atoms with van der Waals surface area (Å²) in [5.41, 5.74) is 0.980. The smallest absolute Gasteiger partial charge is 0.496 e. The summed E-state index contributed by atoms with van der Waals surface area (Å²) in [5, 5.41) is 2.61. The van der Waals surface area contributed by atoms with Gasteiger partial charge in [-0.2, -0.15) is 0 Å². The van der Waals surface area contributed by atoms with E-state index in [1.54, 1.807) is 12.1 Å². The lowest BCUT2D eigenvalue weighted by Gasteiger charge is -2.11. The molecule has 0 radical (unpaired) electrons. The molecule has 0 saturated carbocycles. The van der Waals surface area contributed by atoms with Gasteiger partial charge in [0.05, 0.1) is 14.2 Å². The van der Waals surface area contributed by atoms with Gasteiger partial charge in [0.2, 0.25) is 0 Å². The highest BCUT2D eigenvalue weighted by molar-refractivity contribution is 5.94. The fourth-order valence-corrected chi connectivity index (χ4v) is 2.23. The van der Waals surface area contributed by atoms with Crippen LogP contribution in [0.15, 0.2) is 42.5 Å². The minimum atomic E-state index is -4.80. The van der Waals surface area contributed by atoms with Gasteiger partial charge in [-0.05, 0) is 42.0 Å². The van der Waals surface area contributed by atoms with Gasteiger partial charge in [-0.25, -0.2) is 4.79 Å². The Morgan fingerprint density at radius 3 is 2.26 bits per heavy atom. The van der Waals surface area contributed by atoms with Crippen LogP contribution in [0.5, 0.6) is 11.5 Å². The molecule has 0 aliphatic rings. The second-order valence-electron chi connectivity index (χ2n) is 5.28. The first kappa shape index (κ1) is 20.1. The first-order chi connectivity index (χ1) is 12.7. The summed E-state index contributed by atoms with van der Waals surface area (Å²) in [4.78, 5) is 23.9. The van der Waals surface area contributed by atoms with Crippen LogP contribution in [0.2, 0.25) is 0 Å². The lowest BCUT2D eigenvalue weighted by Crippen LogP contribution is -2.23. The van der Waals surface area contributed by atoms with Crippen molar-refractivity contribution in [3.8, 4) is 11.5 Å². The minimum absolute atomic E-state index is 0.0909. The molecule has 0 aliphatic carbocycles. The van der Waals surface area contributed by atoms with E-state index in [1.807, 2.05) is 0 Å². The zero-order valence-corrected chi connectivity index (χ0v) is 14.4. The van der Waals surface area contributed by atoms with Crippen molar-refractivity contribution >= 4 is 11.9 Å². The quantitative estimate of drug-likeness (QED) is 0.775. The Morgan fingerprint density at radius 1 is 1.04 bits per heavy atom. The number of carbonyl (C=O) groups excluding carboxylic acids is 2.